The van der Waals surface area contributed by atoms with E-state index < -0.39 is 11.8 Å². The van der Waals surface area contributed by atoms with Crippen molar-refractivity contribution < 1.29 is 14.3 Å². The van der Waals surface area contributed by atoms with Gasteiger partial charge in [0.05, 0.1) is 21.8 Å². The minimum Gasteiger partial charge on any atom is -0.481 e. The van der Waals surface area contributed by atoms with E-state index in [1.807, 2.05) is 18.4 Å². The number of imidazole rings is 1. The number of halogens is 2. The Labute approximate surface area is 124 Å². The second-order valence-corrected chi connectivity index (χ2v) is 5.81. The highest BCUT2D eigenvalue weighted by Gasteiger charge is 2.18. The van der Waals surface area contributed by atoms with Gasteiger partial charge in [-0.25, -0.2) is 9.37 Å². The molecule has 4 nitrogen and oxygen atoms in total. The number of carboxylic acids is 1. The van der Waals surface area contributed by atoms with Crippen LogP contribution < -0.4 is 0 Å². The lowest BCUT2D eigenvalue weighted by Gasteiger charge is -2.15. The molecule has 7 heteroatoms. The highest BCUT2D eigenvalue weighted by Crippen LogP contribution is 2.31. The molecule has 1 heterocycles. The third-order valence-corrected chi connectivity index (χ3v) is 4.28. The highest BCUT2D eigenvalue weighted by atomic mass is 35.5. The summed E-state index contributed by atoms with van der Waals surface area (Å²) in [6.07, 6.45) is 0.830. The molecule has 0 saturated carbocycles. The first-order valence-electron chi connectivity index (χ1n) is 6.15. The van der Waals surface area contributed by atoms with Crippen LogP contribution in [0.5, 0.6) is 0 Å². The van der Waals surface area contributed by atoms with Gasteiger partial charge >= 0.3 is 5.97 Å². The molecule has 2 rings (SSSR count). The van der Waals surface area contributed by atoms with Crippen LogP contribution in [-0.4, -0.2) is 26.4 Å². The first-order valence-corrected chi connectivity index (χ1v) is 7.52. The Hall–Kier alpha value is -1.27. The van der Waals surface area contributed by atoms with Gasteiger partial charge in [0.25, 0.3) is 0 Å². The minimum atomic E-state index is -0.915. The molecule has 20 heavy (non-hydrogen) atoms. The molecule has 1 aromatic heterocycles. The van der Waals surface area contributed by atoms with Crippen molar-refractivity contribution in [3.63, 3.8) is 0 Å². The number of aliphatic carboxylic acids is 1. The number of hydrogen-bond donors (Lipinski definition) is 1. The zero-order valence-electron chi connectivity index (χ0n) is 11.1. The lowest BCUT2D eigenvalue weighted by atomic mass is 10.2. The molecular weight excluding hydrogens is 303 g/mol. The molecule has 0 spiro atoms. The van der Waals surface area contributed by atoms with E-state index in [2.05, 4.69) is 4.98 Å². The van der Waals surface area contributed by atoms with Gasteiger partial charge in [-0.2, -0.15) is 0 Å². The van der Waals surface area contributed by atoms with E-state index in [0.29, 0.717) is 16.2 Å². The number of hydrogen-bond acceptors (Lipinski definition) is 3. The molecule has 0 bridgehead atoms. The van der Waals surface area contributed by atoms with Crippen molar-refractivity contribution in [3.8, 4) is 0 Å². The lowest BCUT2D eigenvalue weighted by Crippen LogP contribution is -2.07. The van der Waals surface area contributed by atoms with Crippen molar-refractivity contribution >= 4 is 40.4 Å². The summed E-state index contributed by atoms with van der Waals surface area (Å²) in [7, 11) is 0. The standard InChI is InChI=1S/C13H14ClFN2O2S/c1-3-7(2)17-11-5-9(15)8(14)4-10(11)16-13(17)20-6-12(18)19/h4-5,7H,3,6H2,1-2H3,(H,18,19). The molecule has 1 atom stereocenters. The molecular formula is C13H14ClFN2O2S. The Morgan fingerprint density at radius 1 is 1.60 bits per heavy atom. The van der Waals surface area contributed by atoms with Crippen LogP contribution in [0.4, 0.5) is 4.39 Å². The molecule has 0 aliphatic rings. The van der Waals surface area contributed by atoms with E-state index in [4.69, 9.17) is 16.7 Å². The third-order valence-electron chi connectivity index (χ3n) is 3.06. The Bertz CT molecular complexity index is 659. The van der Waals surface area contributed by atoms with Crippen molar-refractivity contribution in [1.82, 2.24) is 9.55 Å². The summed E-state index contributed by atoms with van der Waals surface area (Å²) < 4.78 is 15.5. The normalized spacial score (nSPS) is 12.8. The summed E-state index contributed by atoms with van der Waals surface area (Å²) in [5.41, 5.74) is 1.21. The van der Waals surface area contributed by atoms with E-state index in [1.165, 1.54) is 12.1 Å². The third kappa shape index (κ3) is 2.91. The quantitative estimate of drug-likeness (QED) is 0.848. The Morgan fingerprint density at radius 2 is 2.30 bits per heavy atom. The smallest absolute Gasteiger partial charge is 0.313 e. The largest absolute Gasteiger partial charge is 0.481 e. The van der Waals surface area contributed by atoms with Gasteiger partial charge in [-0.15, -0.1) is 0 Å². The second kappa shape index (κ2) is 6.01. The van der Waals surface area contributed by atoms with Crippen LogP contribution in [-0.2, 0) is 4.79 Å². The van der Waals surface area contributed by atoms with E-state index in [1.54, 1.807) is 0 Å². The number of carbonyl (C=O) groups is 1. The maximum atomic E-state index is 13.6. The molecule has 108 valence electrons. The molecule has 1 aromatic carbocycles. The van der Waals surface area contributed by atoms with E-state index in [9.17, 15) is 9.18 Å². The lowest BCUT2D eigenvalue weighted by molar-refractivity contribution is -0.133. The van der Waals surface area contributed by atoms with E-state index in [-0.39, 0.29) is 16.8 Å². The van der Waals surface area contributed by atoms with Crippen LogP contribution >= 0.6 is 23.4 Å². The number of benzene rings is 1. The van der Waals surface area contributed by atoms with Gasteiger partial charge in [0.2, 0.25) is 0 Å². The molecule has 0 aliphatic carbocycles. The van der Waals surface area contributed by atoms with Crippen molar-refractivity contribution in [2.45, 2.75) is 31.5 Å². The Balaban J connectivity index is 2.57. The van der Waals surface area contributed by atoms with E-state index >= 15 is 0 Å². The summed E-state index contributed by atoms with van der Waals surface area (Å²) in [6.45, 7) is 3.99. The monoisotopic (exact) mass is 316 g/mol. The highest BCUT2D eigenvalue weighted by molar-refractivity contribution is 7.99. The molecule has 0 saturated heterocycles. The van der Waals surface area contributed by atoms with Crippen LogP contribution in [0.1, 0.15) is 26.3 Å². The molecule has 0 amide bonds. The van der Waals surface area contributed by atoms with Crippen LogP contribution in [0, 0.1) is 5.82 Å². The van der Waals surface area contributed by atoms with Crippen molar-refractivity contribution in [2.75, 3.05) is 5.75 Å². The van der Waals surface area contributed by atoms with Crippen LogP contribution in [0.3, 0.4) is 0 Å². The summed E-state index contributed by atoms with van der Waals surface area (Å²) in [6, 6.07) is 2.91. The molecule has 0 aliphatic heterocycles. The van der Waals surface area contributed by atoms with Gasteiger partial charge in [-0.3, -0.25) is 4.79 Å². The van der Waals surface area contributed by atoms with Crippen molar-refractivity contribution in [1.29, 1.82) is 0 Å². The zero-order valence-corrected chi connectivity index (χ0v) is 12.6. The summed E-state index contributed by atoms with van der Waals surface area (Å²) in [4.78, 5) is 15.1. The fourth-order valence-corrected chi connectivity index (χ4v) is 2.90. The van der Waals surface area contributed by atoms with Crippen LogP contribution in [0.25, 0.3) is 11.0 Å². The van der Waals surface area contributed by atoms with Crippen molar-refractivity contribution in [2.24, 2.45) is 0 Å². The number of nitrogens with zero attached hydrogens (tertiary/aromatic N) is 2. The first-order chi connectivity index (χ1) is 9.43. The van der Waals surface area contributed by atoms with E-state index in [0.717, 1.165) is 18.2 Å². The fraction of sp³-hybridized carbons (Fsp3) is 0.385. The molecule has 2 aromatic rings. The van der Waals surface area contributed by atoms with Gasteiger partial charge in [-0.05, 0) is 19.4 Å². The van der Waals surface area contributed by atoms with Gasteiger partial charge in [-0.1, -0.05) is 30.3 Å². The first kappa shape index (κ1) is 15.1. The molecule has 1 unspecified atom stereocenters. The summed E-state index contributed by atoms with van der Waals surface area (Å²) in [5.74, 6) is -1.50. The number of rotatable bonds is 5. The summed E-state index contributed by atoms with van der Waals surface area (Å²) >= 11 is 6.89. The van der Waals surface area contributed by atoms with Gasteiger partial charge in [0.15, 0.2) is 5.16 Å². The Kier molecular flexibility index (Phi) is 4.55. The average Bonchev–Trinajstić information content (AvgIpc) is 2.73. The number of carboxylic acid groups (broad SMARTS) is 1. The van der Waals surface area contributed by atoms with Crippen molar-refractivity contribution in [3.05, 3.63) is 23.0 Å². The zero-order chi connectivity index (χ0) is 14.9. The second-order valence-electron chi connectivity index (χ2n) is 4.46. The maximum Gasteiger partial charge on any atom is 0.313 e. The van der Waals surface area contributed by atoms with Gasteiger partial charge in [0.1, 0.15) is 5.82 Å². The van der Waals surface area contributed by atoms with Crippen LogP contribution in [0.2, 0.25) is 5.02 Å². The minimum absolute atomic E-state index is 0.0149. The molecule has 0 radical (unpaired) electrons. The fourth-order valence-electron chi connectivity index (χ4n) is 1.90. The van der Waals surface area contributed by atoms with Crippen LogP contribution in [0.15, 0.2) is 17.3 Å². The molecule has 0 fully saturated rings. The average molecular weight is 317 g/mol. The maximum absolute atomic E-state index is 13.6. The Morgan fingerprint density at radius 3 is 2.90 bits per heavy atom. The predicted molar refractivity (Wildman–Crippen MR) is 78.1 cm³/mol. The number of thioether (sulfide) groups is 1. The number of aromatic nitrogens is 2. The number of fused-ring (bicyclic) bond motifs is 1. The SMILES string of the molecule is CCC(C)n1c(SCC(=O)O)nc2cc(Cl)c(F)cc21. The molecule has 1 N–H and O–H groups in total. The van der Waals surface area contributed by atoms with Gasteiger partial charge < -0.3 is 9.67 Å². The van der Waals surface area contributed by atoms with Gasteiger partial charge in [0, 0.05) is 12.1 Å². The predicted octanol–water partition coefficient (Wildman–Crippen LogP) is 3.98. The topological polar surface area (TPSA) is 55.1 Å². The summed E-state index contributed by atoms with van der Waals surface area (Å²) in [5, 5.41) is 9.37.